The van der Waals surface area contributed by atoms with Crippen LogP contribution < -0.4 is 3.54 Å². The molecule has 0 saturated carbocycles. The fraction of sp³-hybridized carbons (Fsp3) is 0.357. The molecule has 2 rings (SSSR count). The Balaban J connectivity index is 2.24. The van der Waals surface area contributed by atoms with Gasteiger partial charge in [0.1, 0.15) is 0 Å². The molecule has 0 amide bonds. The molecule has 1 unspecified atom stereocenters. The van der Waals surface area contributed by atoms with E-state index < -0.39 is 30.7 Å². The molecule has 0 aliphatic heterocycles. The number of aliphatic carboxylic acids is 1. The number of hydrogen-bond acceptors (Lipinski definition) is 2. The van der Waals surface area contributed by atoms with Crippen molar-refractivity contribution in [2.45, 2.75) is 27.3 Å². The first-order valence-corrected chi connectivity index (χ1v) is 16.4. The first kappa shape index (κ1) is 14.4. The Labute approximate surface area is 117 Å². The SMILES string of the molecule is [CH3][Sn]([CH3])([CH3])[NH]C(Cc1c[nH]c2ccccc12)C(=O)O. The van der Waals surface area contributed by atoms with Crippen molar-refractivity contribution in [3.63, 3.8) is 0 Å². The molecule has 4 nitrogen and oxygen atoms in total. The second-order valence-electron chi connectivity index (χ2n) is 5.85. The normalized spacial score (nSPS) is 13.6. The number of benzene rings is 1. The molecule has 1 atom stereocenters. The van der Waals surface area contributed by atoms with E-state index in [2.05, 4.69) is 23.3 Å². The van der Waals surface area contributed by atoms with Crippen LogP contribution >= 0.6 is 0 Å². The predicted molar refractivity (Wildman–Crippen MR) is 79.9 cm³/mol. The molecule has 1 aromatic carbocycles. The summed E-state index contributed by atoms with van der Waals surface area (Å²) in [6.07, 6.45) is 2.44. The molecule has 0 bridgehead atoms. The van der Waals surface area contributed by atoms with Crippen LogP contribution in [0.2, 0.25) is 14.8 Å². The van der Waals surface area contributed by atoms with Crippen LogP contribution in [0.5, 0.6) is 0 Å². The number of fused-ring (bicyclic) bond motifs is 1. The Morgan fingerprint density at radius 1 is 1.37 bits per heavy atom. The summed E-state index contributed by atoms with van der Waals surface area (Å²) < 4.78 is 3.36. The number of carbonyl (C=O) groups is 1. The van der Waals surface area contributed by atoms with Gasteiger partial charge >= 0.3 is 117 Å². The summed E-state index contributed by atoms with van der Waals surface area (Å²) in [6, 6.07) is 7.49. The van der Waals surface area contributed by atoms with Gasteiger partial charge in [-0.15, -0.1) is 0 Å². The van der Waals surface area contributed by atoms with E-state index in [1.807, 2.05) is 30.5 Å². The molecule has 3 N–H and O–H groups in total. The van der Waals surface area contributed by atoms with Gasteiger partial charge in [0.05, 0.1) is 0 Å². The maximum atomic E-state index is 11.4. The molecule has 0 aliphatic carbocycles. The summed E-state index contributed by atoms with van der Waals surface area (Å²) in [5, 5.41) is 10.5. The van der Waals surface area contributed by atoms with Crippen LogP contribution in [-0.2, 0) is 11.2 Å². The molecule has 0 aliphatic rings. The number of rotatable bonds is 5. The van der Waals surface area contributed by atoms with Crippen molar-refractivity contribution >= 4 is 35.5 Å². The van der Waals surface area contributed by atoms with Crippen LogP contribution in [-0.4, -0.2) is 40.8 Å². The van der Waals surface area contributed by atoms with Crippen LogP contribution in [0.1, 0.15) is 5.56 Å². The standard InChI is InChI=1S/C11H11N2O2.3CH3.Sn/c12-9(11(14)15)5-7-6-13-10-4-2-1-3-8(7)10;;;;/h1-4,6,9,12-13H,5H2,(H,14,15);3*1H3;/q-1;;;;+1. The van der Waals surface area contributed by atoms with Crippen LogP contribution in [0.3, 0.4) is 0 Å². The van der Waals surface area contributed by atoms with Gasteiger partial charge in [-0.05, 0) is 0 Å². The number of H-pyrrole nitrogens is 1. The van der Waals surface area contributed by atoms with E-state index in [9.17, 15) is 9.90 Å². The fourth-order valence-corrected chi connectivity index (χ4v) is 5.87. The summed E-state index contributed by atoms with van der Waals surface area (Å²) in [6.45, 7) is 0. The number of aromatic amines is 1. The van der Waals surface area contributed by atoms with Gasteiger partial charge < -0.3 is 0 Å². The zero-order valence-corrected chi connectivity index (χ0v) is 14.4. The van der Waals surface area contributed by atoms with Crippen LogP contribution in [0, 0.1) is 0 Å². The molecule has 1 heterocycles. The molecule has 0 saturated heterocycles. The van der Waals surface area contributed by atoms with Gasteiger partial charge in [-0.25, -0.2) is 0 Å². The van der Waals surface area contributed by atoms with Gasteiger partial charge in [0.15, 0.2) is 0 Å². The Kier molecular flexibility index (Phi) is 4.20. The topological polar surface area (TPSA) is 65.1 Å². The minimum absolute atomic E-state index is 0.491. The molecular formula is C14H20N2O2Sn. The van der Waals surface area contributed by atoms with Crippen molar-refractivity contribution in [3.8, 4) is 0 Å². The summed E-state index contributed by atoms with van der Waals surface area (Å²) in [4.78, 5) is 21.1. The zero-order valence-electron chi connectivity index (χ0n) is 11.5. The molecule has 5 heteroatoms. The molecule has 0 spiro atoms. The Morgan fingerprint density at radius 2 is 2.05 bits per heavy atom. The second kappa shape index (κ2) is 5.54. The number of nitrogens with one attached hydrogen (secondary N) is 2. The van der Waals surface area contributed by atoms with E-state index >= 15 is 0 Å². The molecule has 19 heavy (non-hydrogen) atoms. The molecule has 102 valence electrons. The van der Waals surface area contributed by atoms with Gasteiger partial charge in [-0.1, -0.05) is 0 Å². The summed E-state index contributed by atoms with van der Waals surface area (Å²) in [7, 11) is 0. The van der Waals surface area contributed by atoms with E-state index in [0.717, 1.165) is 16.5 Å². The van der Waals surface area contributed by atoms with Crippen molar-refractivity contribution in [2.75, 3.05) is 0 Å². The Hall–Kier alpha value is -1.01. The monoisotopic (exact) mass is 368 g/mol. The van der Waals surface area contributed by atoms with Crippen molar-refractivity contribution in [1.29, 1.82) is 0 Å². The number of carboxylic acids is 1. The van der Waals surface area contributed by atoms with E-state index in [-0.39, 0.29) is 0 Å². The molecule has 0 radical (unpaired) electrons. The summed E-state index contributed by atoms with van der Waals surface area (Å²) in [5.74, 6) is -0.767. The van der Waals surface area contributed by atoms with Gasteiger partial charge in [-0.2, -0.15) is 0 Å². The maximum absolute atomic E-state index is 11.4. The van der Waals surface area contributed by atoms with E-state index in [0.29, 0.717) is 6.42 Å². The van der Waals surface area contributed by atoms with Gasteiger partial charge in [0.2, 0.25) is 0 Å². The first-order valence-electron chi connectivity index (χ1n) is 6.42. The van der Waals surface area contributed by atoms with Gasteiger partial charge in [0, 0.05) is 0 Å². The number of hydrogen-bond donors (Lipinski definition) is 3. The van der Waals surface area contributed by atoms with Crippen LogP contribution in [0.15, 0.2) is 30.5 Å². The van der Waals surface area contributed by atoms with Gasteiger partial charge in [-0.3, -0.25) is 0 Å². The molecule has 2 aromatic rings. The molecule has 1 aromatic heterocycles. The summed E-state index contributed by atoms with van der Waals surface area (Å²) >= 11 is -2.34. The van der Waals surface area contributed by atoms with Crippen molar-refractivity contribution < 1.29 is 9.90 Å². The summed E-state index contributed by atoms with van der Waals surface area (Å²) in [5.41, 5.74) is 2.12. The van der Waals surface area contributed by atoms with Crippen molar-refractivity contribution in [2.24, 2.45) is 0 Å². The average Bonchev–Trinajstić information content (AvgIpc) is 2.70. The van der Waals surface area contributed by atoms with E-state index in [1.54, 1.807) is 0 Å². The third kappa shape index (κ3) is 3.73. The van der Waals surface area contributed by atoms with E-state index in [1.165, 1.54) is 0 Å². The van der Waals surface area contributed by atoms with Gasteiger partial charge in [0.25, 0.3) is 0 Å². The number of aromatic nitrogens is 1. The van der Waals surface area contributed by atoms with E-state index in [4.69, 9.17) is 0 Å². The zero-order chi connectivity index (χ0) is 14.0. The average molecular weight is 367 g/mol. The minimum atomic E-state index is -2.34. The van der Waals surface area contributed by atoms with Crippen LogP contribution in [0.4, 0.5) is 0 Å². The number of carboxylic acid groups (broad SMARTS) is 1. The van der Waals surface area contributed by atoms with Crippen molar-refractivity contribution in [1.82, 2.24) is 8.52 Å². The molecular weight excluding hydrogens is 347 g/mol. The third-order valence-electron chi connectivity index (χ3n) is 3.00. The molecule has 0 fully saturated rings. The first-order chi connectivity index (χ1) is 8.87. The second-order valence-corrected chi connectivity index (χ2v) is 19.5. The quantitative estimate of drug-likeness (QED) is 0.712. The third-order valence-corrected chi connectivity index (χ3v) is 6.47. The Bertz CT molecular complexity index is 586. The fourth-order valence-electron chi connectivity index (χ4n) is 2.24. The Morgan fingerprint density at radius 3 is 2.68 bits per heavy atom. The van der Waals surface area contributed by atoms with Crippen molar-refractivity contribution in [3.05, 3.63) is 36.0 Å². The van der Waals surface area contributed by atoms with Crippen LogP contribution in [0.25, 0.3) is 10.9 Å². The number of para-hydroxylation sites is 1. The predicted octanol–water partition coefficient (Wildman–Crippen LogP) is 2.59.